The van der Waals surface area contributed by atoms with Crippen LogP contribution in [0.15, 0.2) is 53.5 Å². The molecule has 172 valence electrons. The first-order chi connectivity index (χ1) is 15.6. The third kappa shape index (κ3) is 6.60. The van der Waals surface area contributed by atoms with Crippen LogP contribution in [0.3, 0.4) is 0 Å². The molecule has 0 unspecified atom stereocenters. The number of aliphatic imine (C=N–C) groups is 1. The molecule has 0 saturated carbocycles. The first kappa shape index (κ1) is 23.4. The van der Waals surface area contributed by atoms with E-state index in [1.807, 2.05) is 0 Å². The lowest BCUT2D eigenvalue weighted by atomic mass is 9.97. The van der Waals surface area contributed by atoms with Gasteiger partial charge in [-0.1, -0.05) is 0 Å². The van der Waals surface area contributed by atoms with Crippen molar-refractivity contribution < 1.29 is 19.1 Å². The van der Waals surface area contributed by atoms with Gasteiger partial charge in [0.2, 0.25) is 5.82 Å². The zero-order chi connectivity index (χ0) is 24.0. The molecule has 0 fully saturated rings. The predicted molar refractivity (Wildman–Crippen MR) is 121 cm³/mol. The Morgan fingerprint density at radius 1 is 1.03 bits per heavy atom. The van der Waals surface area contributed by atoms with Crippen LogP contribution in [-0.4, -0.2) is 44.7 Å². The van der Waals surface area contributed by atoms with E-state index < -0.39 is 11.4 Å². The fraction of sp³-hybridized carbons (Fsp3) is 0.273. The molecule has 3 rings (SSSR count). The van der Waals surface area contributed by atoms with Gasteiger partial charge in [0.1, 0.15) is 12.4 Å². The van der Waals surface area contributed by atoms with Crippen molar-refractivity contribution in [3.63, 3.8) is 0 Å². The Labute approximate surface area is 190 Å². The van der Waals surface area contributed by atoms with E-state index in [2.05, 4.69) is 20.4 Å². The molecule has 33 heavy (non-hydrogen) atoms. The van der Waals surface area contributed by atoms with Gasteiger partial charge >= 0.3 is 11.9 Å². The summed E-state index contributed by atoms with van der Waals surface area (Å²) in [6.45, 7) is 5.65. The second-order valence-corrected chi connectivity index (χ2v) is 8.09. The monoisotopic (exact) mass is 451 g/mol. The number of tetrazole rings is 1. The van der Waals surface area contributed by atoms with Crippen molar-refractivity contribution in [3.8, 4) is 17.1 Å². The Kier molecular flexibility index (Phi) is 7.01. The topological polar surface area (TPSA) is 161 Å². The largest absolute Gasteiger partial charge is 0.460 e. The van der Waals surface area contributed by atoms with Gasteiger partial charge in [0.25, 0.3) is 0 Å². The van der Waals surface area contributed by atoms with Crippen LogP contribution in [0.1, 0.15) is 31.1 Å². The normalized spacial score (nSPS) is 11.0. The molecule has 0 bridgehead atoms. The van der Waals surface area contributed by atoms with Crippen molar-refractivity contribution in [1.82, 2.24) is 20.2 Å². The molecule has 2 aromatic carbocycles. The minimum Gasteiger partial charge on any atom is -0.460 e. The molecule has 0 spiro atoms. The Hall–Kier alpha value is -4.28. The molecular formula is C22H25N7O4. The van der Waals surface area contributed by atoms with Crippen molar-refractivity contribution in [3.05, 3.63) is 54.1 Å². The molecule has 11 heteroatoms. The Bertz CT molecular complexity index is 1140. The van der Waals surface area contributed by atoms with Gasteiger partial charge in [-0.2, -0.15) is 4.80 Å². The minimum absolute atomic E-state index is 0.0615. The number of esters is 2. The average Bonchev–Trinajstić information content (AvgIpc) is 3.22. The van der Waals surface area contributed by atoms with Crippen LogP contribution in [0, 0.1) is 5.41 Å². The van der Waals surface area contributed by atoms with Gasteiger partial charge in [-0.25, -0.2) is 9.79 Å². The van der Waals surface area contributed by atoms with Crippen LogP contribution < -0.4 is 16.2 Å². The van der Waals surface area contributed by atoms with E-state index in [1.165, 1.54) is 4.80 Å². The summed E-state index contributed by atoms with van der Waals surface area (Å²) in [5.41, 5.74) is 11.6. The standard InChI is InChI=1S/C22H25N7O4/c1-22(2,3)20(31)33-17-10-6-14(7-11-17)18-26-28-29(27-18)12-13-32-19(30)15-4-8-16(9-5-15)25-21(23)24/h4-11H,12-13H2,1-3H3,(H4,23,24,25). The predicted octanol–water partition coefficient (Wildman–Crippen LogP) is 2.05. The number of hydrogen-bond acceptors (Lipinski definition) is 8. The Balaban J connectivity index is 1.52. The maximum absolute atomic E-state index is 12.2. The average molecular weight is 451 g/mol. The van der Waals surface area contributed by atoms with Crippen LogP contribution in [0.5, 0.6) is 5.75 Å². The van der Waals surface area contributed by atoms with Crippen molar-refractivity contribution >= 4 is 23.6 Å². The van der Waals surface area contributed by atoms with E-state index in [4.69, 9.17) is 20.9 Å². The van der Waals surface area contributed by atoms with Crippen LogP contribution in [-0.2, 0) is 16.1 Å². The third-order valence-electron chi connectivity index (χ3n) is 4.27. The molecule has 0 saturated heterocycles. The van der Waals surface area contributed by atoms with E-state index in [-0.39, 0.29) is 25.1 Å². The van der Waals surface area contributed by atoms with Crippen LogP contribution in [0.2, 0.25) is 0 Å². The van der Waals surface area contributed by atoms with Gasteiger partial charge in [-0.3, -0.25) is 4.79 Å². The molecule has 0 amide bonds. The zero-order valence-electron chi connectivity index (χ0n) is 18.6. The second kappa shape index (κ2) is 9.90. The number of carbonyl (C=O) groups is 2. The van der Waals surface area contributed by atoms with Gasteiger partial charge in [-0.05, 0) is 74.5 Å². The summed E-state index contributed by atoms with van der Waals surface area (Å²) >= 11 is 0. The quantitative estimate of drug-likeness (QED) is 0.237. The van der Waals surface area contributed by atoms with Crippen LogP contribution >= 0.6 is 0 Å². The summed E-state index contributed by atoms with van der Waals surface area (Å²) in [7, 11) is 0. The smallest absolute Gasteiger partial charge is 0.338 e. The highest BCUT2D eigenvalue weighted by atomic mass is 16.5. The lowest BCUT2D eigenvalue weighted by Crippen LogP contribution is -2.25. The number of aromatic nitrogens is 4. The molecule has 0 aliphatic heterocycles. The summed E-state index contributed by atoms with van der Waals surface area (Å²) in [5.74, 6) is -0.0508. The molecular weight excluding hydrogens is 426 g/mol. The number of ether oxygens (including phenoxy) is 2. The van der Waals surface area contributed by atoms with E-state index in [9.17, 15) is 9.59 Å². The third-order valence-corrected chi connectivity index (χ3v) is 4.27. The molecule has 3 aromatic rings. The lowest BCUT2D eigenvalue weighted by Gasteiger charge is -2.16. The number of hydrogen-bond donors (Lipinski definition) is 2. The highest BCUT2D eigenvalue weighted by Crippen LogP contribution is 2.22. The first-order valence-corrected chi connectivity index (χ1v) is 10.1. The fourth-order valence-corrected chi connectivity index (χ4v) is 2.51. The zero-order valence-corrected chi connectivity index (χ0v) is 18.6. The molecule has 11 nitrogen and oxygen atoms in total. The summed E-state index contributed by atoms with van der Waals surface area (Å²) < 4.78 is 10.6. The maximum Gasteiger partial charge on any atom is 0.338 e. The highest BCUT2D eigenvalue weighted by Gasteiger charge is 2.23. The van der Waals surface area contributed by atoms with Gasteiger partial charge in [0, 0.05) is 5.56 Å². The molecule has 4 N–H and O–H groups in total. The molecule has 1 aromatic heterocycles. The minimum atomic E-state index is -0.594. The lowest BCUT2D eigenvalue weighted by molar-refractivity contribution is -0.143. The number of nitrogens with two attached hydrogens (primary N) is 2. The molecule has 1 heterocycles. The van der Waals surface area contributed by atoms with Crippen LogP contribution in [0.4, 0.5) is 5.69 Å². The molecule has 0 atom stereocenters. The van der Waals surface area contributed by atoms with E-state index in [1.54, 1.807) is 69.3 Å². The first-order valence-electron chi connectivity index (χ1n) is 10.1. The Morgan fingerprint density at radius 2 is 1.70 bits per heavy atom. The second-order valence-electron chi connectivity index (χ2n) is 8.09. The highest BCUT2D eigenvalue weighted by molar-refractivity contribution is 5.90. The van der Waals surface area contributed by atoms with E-state index in [0.717, 1.165) is 0 Å². The van der Waals surface area contributed by atoms with Gasteiger partial charge < -0.3 is 20.9 Å². The molecule has 0 aliphatic carbocycles. The van der Waals surface area contributed by atoms with Gasteiger partial charge in [0.05, 0.1) is 23.2 Å². The maximum atomic E-state index is 12.2. The Morgan fingerprint density at radius 3 is 2.30 bits per heavy atom. The van der Waals surface area contributed by atoms with E-state index >= 15 is 0 Å². The molecule has 0 aliphatic rings. The summed E-state index contributed by atoms with van der Waals surface area (Å²) in [5, 5.41) is 12.2. The van der Waals surface area contributed by atoms with Crippen molar-refractivity contribution in [2.24, 2.45) is 21.9 Å². The number of benzene rings is 2. The van der Waals surface area contributed by atoms with Crippen molar-refractivity contribution in [2.75, 3.05) is 6.61 Å². The number of carbonyl (C=O) groups excluding carboxylic acids is 2. The number of guanidine groups is 1. The number of nitrogens with zero attached hydrogens (tertiary/aromatic N) is 5. The fourth-order valence-electron chi connectivity index (χ4n) is 2.51. The van der Waals surface area contributed by atoms with Gasteiger partial charge in [0.15, 0.2) is 5.96 Å². The van der Waals surface area contributed by atoms with Gasteiger partial charge in [-0.15, -0.1) is 10.2 Å². The summed E-state index contributed by atoms with van der Waals surface area (Å²) in [6.07, 6.45) is 0. The van der Waals surface area contributed by atoms with E-state index in [0.29, 0.717) is 28.4 Å². The van der Waals surface area contributed by atoms with Crippen molar-refractivity contribution in [2.45, 2.75) is 27.3 Å². The summed E-state index contributed by atoms with van der Waals surface area (Å²) in [6, 6.07) is 13.2. The van der Waals surface area contributed by atoms with Crippen molar-refractivity contribution in [1.29, 1.82) is 0 Å². The summed E-state index contributed by atoms with van der Waals surface area (Å²) in [4.78, 5) is 29.3. The SMILES string of the molecule is CC(C)(C)C(=O)Oc1ccc(-c2nnn(CCOC(=O)c3ccc(N=C(N)N)cc3)n2)cc1. The molecule has 0 radical (unpaired) electrons. The number of rotatable bonds is 7. The van der Waals surface area contributed by atoms with Crippen LogP contribution in [0.25, 0.3) is 11.4 Å².